The Bertz CT molecular complexity index is 753. The van der Waals surface area contributed by atoms with Crippen LogP contribution in [0.15, 0.2) is 18.2 Å². The van der Waals surface area contributed by atoms with Gasteiger partial charge >= 0.3 is 5.97 Å². The third-order valence-corrected chi connectivity index (χ3v) is 4.72. The molecule has 23 heavy (non-hydrogen) atoms. The smallest absolute Gasteiger partial charge is 0.341 e. The van der Waals surface area contributed by atoms with Gasteiger partial charge in [-0.25, -0.2) is 9.18 Å². The minimum atomic E-state index is -0.724. The van der Waals surface area contributed by atoms with Crippen molar-refractivity contribution in [1.29, 1.82) is 0 Å². The average Bonchev–Trinajstić information content (AvgIpc) is 2.73. The number of esters is 1. The fourth-order valence-electron chi connectivity index (χ4n) is 2.04. The van der Waals surface area contributed by atoms with Crippen molar-refractivity contribution >= 4 is 39.8 Å². The second-order valence-electron chi connectivity index (χ2n) is 4.76. The Labute approximate surface area is 142 Å². The van der Waals surface area contributed by atoms with Gasteiger partial charge in [0.05, 0.1) is 22.8 Å². The molecule has 2 aromatic rings. The molecule has 0 saturated carbocycles. The number of carbonyl (C=O) groups is 2. The molecule has 0 fully saturated rings. The second kappa shape index (κ2) is 7.10. The Morgan fingerprint density at radius 2 is 2.00 bits per heavy atom. The van der Waals surface area contributed by atoms with Gasteiger partial charge in [0.1, 0.15) is 10.8 Å². The van der Waals surface area contributed by atoms with Gasteiger partial charge in [0.25, 0.3) is 5.91 Å². The molecule has 0 atom stereocenters. The van der Waals surface area contributed by atoms with Crippen molar-refractivity contribution in [3.8, 4) is 0 Å². The lowest BCUT2D eigenvalue weighted by atomic mass is 10.1. The zero-order valence-electron chi connectivity index (χ0n) is 12.8. The molecule has 0 aliphatic rings. The third-order valence-electron chi connectivity index (χ3n) is 3.28. The van der Waals surface area contributed by atoms with E-state index < -0.39 is 17.7 Å². The van der Waals surface area contributed by atoms with Crippen LogP contribution < -0.4 is 5.32 Å². The highest BCUT2D eigenvalue weighted by atomic mass is 35.5. The highest BCUT2D eigenvalue weighted by Crippen LogP contribution is 2.34. The van der Waals surface area contributed by atoms with Crippen molar-refractivity contribution in [2.24, 2.45) is 0 Å². The maximum atomic E-state index is 13.8. The summed E-state index contributed by atoms with van der Waals surface area (Å²) >= 11 is 7.12. The predicted molar refractivity (Wildman–Crippen MR) is 89.1 cm³/mol. The van der Waals surface area contributed by atoms with Crippen molar-refractivity contribution < 1.29 is 18.7 Å². The quantitative estimate of drug-likeness (QED) is 0.816. The molecular weight excluding hydrogens is 341 g/mol. The number of carbonyl (C=O) groups excluding carboxylic acids is 2. The van der Waals surface area contributed by atoms with Gasteiger partial charge in [0, 0.05) is 4.88 Å². The summed E-state index contributed by atoms with van der Waals surface area (Å²) in [6.45, 7) is 5.52. The average molecular weight is 356 g/mol. The monoisotopic (exact) mass is 355 g/mol. The van der Waals surface area contributed by atoms with Crippen LogP contribution in [0.1, 0.15) is 38.1 Å². The van der Waals surface area contributed by atoms with Crippen LogP contribution in [0.4, 0.5) is 9.39 Å². The Morgan fingerprint density at radius 1 is 1.30 bits per heavy atom. The fourth-order valence-corrected chi connectivity index (χ4v) is 3.34. The minimum absolute atomic E-state index is 0.00480. The van der Waals surface area contributed by atoms with Gasteiger partial charge in [0.15, 0.2) is 0 Å². The van der Waals surface area contributed by atoms with E-state index in [1.807, 2.05) is 6.92 Å². The van der Waals surface area contributed by atoms with Gasteiger partial charge in [-0.05, 0) is 38.5 Å². The number of benzene rings is 1. The summed E-state index contributed by atoms with van der Waals surface area (Å²) in [6.07, 6.45) is 0. The fraction of sp³-hybridized carbons (Fsp3) is 0.250. The summed E-state index contributed by atoms with van der Waals surface area (Å²) in [5, 5.41) is 2.89. The molecule has 0 aliphatic heterocycles. The van der Waals surface area contributed by atoms with Gasteiger partial charge in [-0.3, -0.25) is 4.79 Å². The molecule has 1 N–H and O–H groups in total. The molecule has 0 radical (unpaired) electrons. The molecular formula is C16H15ClFNO3S. The van der Waals surface area contributed by atoms with Crippen molar-refractivity contribution in [2.75, 3.05) is 11.9 Å². The van der Waals surface area contributed by atoms with Crippen LogP contribution in [-0.4, -0.2) is 18.5 Å². The zero-order chi connectivity index (χ0) is 17.1. The Balaban J connectivity index is 2.39. The largest absolute Gasteiger partial charge is 0.462 e. The van der Waals surface area contributed by atoms with Gasteiger partial charge < -0.3 is 10.1 Å². The highest BCUT2D eigenvalue weighted by Gasteiger charge is 2.24. The maximum Gasteiger partial charge on any atom is 0.341 e. The SMILES string of the molecule is CCOC(=O)c1c(NC(=O)c2c(F)cccc2Cl)sc(C)c1C. The zero-order valence-corrected chi connectivity index (χ0v) is 14.4. The lowest BCUT2D eigenvalue weighted by Crippen LogP contribution is -2.16. The molecule has 0 saturated heterocycles. The van der Waals surface area contributed by atoms with Gasteiger partial charge in [-0.2, -0.15) is 0 Å². The number of hydrogen-bond donors (Lipinski definition) is 1. The van der Waals surface area contributed by atoms with Crippen LogP contribution >= 0.6 is 22.9 Å². The van der Waals surface area contributed by atoms with Gasteiger partial charge in [-0.15, -0.1) is 11.3 Å². The van der Waals surface area contributed by atoms with Crippen LogP contribution in [0, 0.1) is 19.7 Å². The molecule has 1 heterocycles. The molecule has 122 valence electrons. The van der Waals surface area contributed by atoms with E-state index in [0.29, 0.717) is 5.00 Å². The number of halogens is 2. The number of ether oxygens (including phenoxy) is 1. The Hall–Kier alpha value is -1.92. The number of amides is 1. The first-order valence-electron chi connectivity index (χ1n) is 6.89. The molecule has 0 unspecified atom stereocenters. The summed E-state index contributed by atoms with van der Waals surface area (Å²) in [5.41, 5.74) is 0.756. The first kappa shape index (κ1) is 17.4. The first-order chi connectivity index (χ1) is 10.9. The lowest BCUT2D eigenvalue weighted by molar-refractivity contribution is 0.0527. The van der Waals surface area contributed by atoms with Crippen LogP contribution in [0.25, 0.3) is 0 Å². The van der Waals surface area contributed by atoms with E-state index in [9.17, 15) is 14.0 Å². The molecule has 1 amide bonds. The predicted octanol–water partition coefficient (Wildman–Crippen LogP) is 4.59. The summed E-state index contributed by atoms with van der Waals surface area (Å²) in [4.78, 5) is 25.3. The van der Waals surface area contributed by atoms with E-state index in [2.05, 4.69) is 5.32 Å². The molecule has 1 aromatic carbocycles. The standard InChI is InChI=1S/C16H15ClFNO3S/c1-4-22-16(21)12-8(2)9(3)23-15(12)19-14(20)13-10(17)6-5-7-11(13)18/h5-7H,4H2,1-3H3,(H,19,20). The van der Waals surface area contributed by atoms with Crippen molar-refractivity contribution in [3.05, 3.63) is 50.6 Å². The second-order valence-corrected chi connectivity index (χ2v) is 6.39. The van der Waals surface area contributed by atoms with E-state index in [4.69, 9.17) is 16.3 Å². The third kappa shape index (κ3) is 3.54. The van der Waals surface area contributed by atoms with Crippen LogP contribution in [-0.2, 0) is 4.74 Å². The Kier molecular flexibility index (Phi) is 5.38. The number of thiophene rings is 1. The van der Waals surface area contributed by atoms with E-state index in [1.54, 1.807) is 13.8 Å². The molecule has 0 bridgehead atoms. The summed E-state index contributed by atoms with van der Waals surface area (Å²) in [6, 6.07) is 3.99. The molecule has 1 aromatic heterocycles. The van der Waals surface area contributed by atoms with Crippen molar-refractivity contribution in [3.63, 3.8) is 0 Å². The number of rotatable bonds is 4. The van der Waals surface area contributed by atoms with E-state index in [-0.39, 0.29) is 22.8 Å². The van der Waals surface area contributed by atoms with Crippen molar-refractivity contribution in [1.82, 2.24) is 0 Å². The van der Waals surface area contributed by atoms with E-state index in [0.717, 1.165) is 16.5 Å². The minimum Gasteiger partial charge on any atom is -0.462 e. The maximum absolute atomic E-state index is 13.8. The van der Waals surface area contributed by atoms with Crippen LogP contribution in [0.2, 0.25) is 5.02 Å². The molecule has 0 aliphatic carbocycles. The number of nitrogens with one attached hydrogen (secondary N) is 1. The normalized spacial score (nSPS) is 10.5. The summed E-state index contributed by atoms with van der Waals surface area (Å²) in [7, 11) is 0. The van der Waals surface area contributed by atoms with Gasteiger partial charge in [-0.1, -0.05) is 17.7 Å². The van der Waals surface area contributed by atoms with E-state index in [1.165, 1.54) is 23.5 Å². The molecule has 2 rings (SSSR count). The number of anilines is 1. The molecule has 0 spiro atoms. The number of aryl methyl sites for hydroxylation is 1. The highest BCUT2D eigenvalue weighted by molar-refractivity contribution is 7.16. The van der Waals surface area contributed by atoms with Crippen LogP contribution in [0.5, 0.6) is 0 Å². The lowest BCUT2D eigenvalue weighted by Gasteiger charge is -2.08. The van der Waals surface area contributed by atoms with Crippen LogP contribution in [0.3, 0.4) is 0 Å². The summed E-state index contributed by atoms with van der Waals surface area (Å²) in [5.74, 6) is -1.96. The van der Waals surface area contributed by atoms with Crippen molar-refractivity contribution in [2.45, 2.75) is 20.8 Å². The topological polar surface area (TPSA) is 55.4 Å². The van der Waals surface area contributed by atoms with Gasteiger partial charge in [0.2, 0.25) is 0 Å². The van der Waals surface area contributed by atoms with E-state index >= 15 is 0 Å². The molecule has 7 heteroatoms. The summed E-state index contributed by atoms with van der Waals surface area (Å²) < 4.78 is 18.8. The Morgan fingerprint density at radius 3 is 2.61 bits per heavy atom. The first-order valence-corrected chi connectivity index (χ1v) is 8.08. The number of hydrogen-bond acceptors (Lipinski definition) is 4. The molecule has 4 nitrogen and oxygen atoms in total.